The minimum Gasteiger partial charge on any atom is -0.353 e. The normalized spacial score (nSPS) is 17.1. The third-order valence-electron chi connectivity index (χ3n) is 7.58. The number of carbonyl (C=O) groups excluding carboxylic acids is 1. The van der Waals surface area contributed by atoms with Gasteiger partial charge in [-0.25, -0.2) is 14.6 Å². The van der Waals surface area contributed by atoms with Crippen molar-refractivity contribution < 1.29 is 4.79 Å². The summed E-state index contributed by atoms with van der Waals surface area (Å²) < 4.78 is 3.93. The largest absolute Gasteiger partial charge is 0.353 e. The van der Waals surface area contributed by atoms with E-state index in [4.69, 9.17) is 28.2 Å². The van der Waals surface area contributed by atoms with Crippen LogP contribution in [0.1, 0.15) is 44.1 Å². The predicted molar refractivity (Wildman–Crippen MR) is 146 cm³/mol. The highest BCUT2D eigenvalue weighted by atomic mass is 35.5. The van der Waals surface area contributed by atoms with Crippen LogP contribution in [-0.2, 0) is 11.3 Å². The van der Waals surface area contributed by atoms with Crippen molar-refractivity contribution >= 4 is 46.1 Å². The van der Waals surface area contributed by atoms with Crippen LogP contribution in [0.15, 0.2) is 49.1 Å². The molecule has 0 unspecified atom stereocenters. The molecular weight excluding hydrogens is 509 g/mol. The van der Waals surface area contributed by atoms with Crippen molar-refractivity contribution in [3.63, 3.8) is 0 Å². The first-order valence-electron chi connectivity index (χ1n) is 12.9. The average Bonchev–Trinajstić information content (AvgIpc) is 3.68. The molecule has 2 aliphatic rings. The molecule has 1 N–H and O–H groups in total. The Morgan fingerprint density at radius 2 is 1.73 bits per heavy atom. The number of aromatic nitrogens is 5. The second-order valence-electron chi connectivity index (χ2n) is 10.0. The van der Waals surface area contributed by atoms with E-state index in [0.717, 1.165) is 67.0 Å². The van der Waals surface area contributed by atoms with E-state index in [1.54, 1.807) is 11.0 Å². The molecule has 6 rings (SSSR count). The highest BCUT2D eigenvalue weighted by Crippen LogP contribution is 2.33. The van der Waals surface area contributed by atoms with Gasteiger partial charge in [-0.15, -0.1) is 0 Å². The number of piperidine rings is 1. The number of anilines is 1. The minimum atomic E-state index is 0.0582. The molecule has 1 aliphatic carbocycles. The van der Waals surface area contributed by atoms with Crippen molar-refractivity contribution in [1.29, 1.82) is 0 Å². The Morgan fingerprint density at radius 1 is 1.00 bits per heavy atom. The molecule has 8 nitrogen and oxygen atoms in total. The van der Waals surface area contributed by atoms with Crippen molar-refractivity contribution in [3.8, 4) is 5.69 Å². The smallest absolute Gasteiger partial charge is 0.223 e. The lowest BCUT2D eigenvalue weighted by molar-refractivity contribution is -0.126. The molecule has 0 bridgehead atoms. The van der Waals surface area contributed by atoms with Crippen LogP contribution in [0.25, 0.3) is 16.7 Å². The van der Waals surface area contributed by atoms with Crippen LogP contribution in [0.5, 0.6) is 0 Å². The highest BCUT2D eigenvalue weighted by Gasteiger charge is 2.29. The molecule has 37 heavy (non-hydrogen) atoms. The molecule has 4 aromatic rings. The predicted octanol–water partition coefficient (Wildman–Crippen LogP) is 5.25. The summed E-state index contributed by atoms with van der Waals surface area (Å²) in [4.78, 5) is 24.1. The van der Waals surface area contributed by atoms with E-state index >= 15 is 0 Å². The Balaban J connectivity index is 1.24. The van der Waals surface area contributed by atoms with E-state index in [9.17, 15) is 4.79 Å². The quantitative estimate of drug-likeness (QED) is 0.363. The average molecular weight is 538 g/mol. The summed E-state index contributed by atoms with van der Waals surface area (Å²) in [6.45, 7) is 2.18. The summed E-state index contributed by atoms with van der Waals surface area (Å²) in [6, 6.07) is 12.3. The van der Waals surface area contributed by atoms with E-state index in [-0.39, 0.29) is 11.8 Å². The van der Waals surface area contributed by atoms with Crippen LogP contribution in [0.4, 0.5) is 5.95 Å². The second kappa shape index (κ2) is 10.3. The summed E-state index contributed by atoms with van der Waals surface area (Å²) in [5.41, 5.74) is 3.82. The first kappa shape index (κ1) is 24.2. The molecule has 3 heterocycles. The summed E-state index contributed by atoms with van der Waals surface area (Å²) in [5, 5.41) is 8.47. The minimum absolute atomic E-state index is 0.0582. The molecule has 0 spiro atoms. The molecule has 10 heteroatoms. The Labute approximate surface area is 225 Å². The molecule has 1 aliphatic heterocycles. The molecule has 192 valence electrons. The first-order valence-corrected chi connectivity index (χ1v) is 13.7. The Bertz CT molecular complexity index is 1390. The maximum Gasteiger partial charge on any atom is 0.223 e. The monoisotopic (exact) mass is 537 g/mol. The molecule has 2 fully saturated rings. The number of halogens is 2. The van der Waals surface area contributed by atoms with Gasteiger partial charge in [0.1, 0.15) is 12.7 Å². The van der Waals surface area contributed by atoms with E-state index in [1.807, 2.05) is 24.3 Å². The van der Waals surface area contributed by atoms with Gasteiger partial charge in [-0.2, -0.15) is 5.10 Å². The van der Waals surface area contributed by atoms with Crippen LogP contribution in [0.2, 0.25) is 10.0 Å². The molecule has 1 saturated carbocycles. The van der Waals surface area contributed by atoms with Crippen molar-refractivity contribution in [2.75, 3.05) is 18.0 Å². The van der Waals surface area contributed by atoms with E-state index in [0.29, 0.717) is 22.6 Å². The number of hydrogen-bond acceptors (Lipinski definition) is 5. The van der Waals surface area contributed by atoms with Crippen LogP contribution in [-0.4, -0.2) is 49.4 Å². The van der Waals surface area contributed by atoms with Crippen LogP contribution in [0, 0.1) is 5.92 Å². The van der Waals surface area contributed by atoms with Gasteiger partial charge in [0.2, 0.25) is 11.9 Å². The third kappa shape index (κ3) is 5.05. The highest BCUT2D eigenvalue weighted by molar-refractivity contribution is 6.42. The Morgan fingerprint density at radius 3 is 2.43 bits per heavy atom. The van der Waals surface area contributed by atoms with Gasteiger partial charge < -0.3 is 14.8 Å². The third-order valence-corrected chi connectivity index (χ3v) is 8.30. The molecular formula is C27H29Cl2N7O. The Hall–Kier alpha value is -3.10. The lowest BCUT2D eigenvalue weighted by Gasteiger charge is -2.33. The van der Waals surface area contributed by atoms with Gasteiger partial charge in [-0.3, -0.25) is 4.79 Å². The number of carbonyl (C=O) groups is 1. The van der Waals surface area contributed by atoms with Gasteiger partial charge >= 0.3 is 0 Å². The van der Waals surface area contributed by atoms with Crippen molar-refractivity contribution in [3.05, 3.63) is 64.7 Å². The molecule has 1 amide bonds. The number of nitrogens with zero attached hydrogens (tertiary/aromatic N) is 6. The fraction of sp³-hybridized carbons (Fsp3) is 0.407. The van der Waals surface area contributed by atoms with Crippen molar-refractivity contribution in [1.82, 2.24) is 29.6 Å². The fourth-order valence-corrected chi connectivity index (χ4v) is 5.83. The molecule has 0 radical (unpaired) electrons. The van der Waals surface area contributed by atoms with Crippen LogP contribution in [0.3, 0.4) is 0 Å². The summed E-state index contributed by atoms with van der Waals surface area (Å²) >= 11 is 12.7. The maximum absolute atomic E-state index is 12.8. The number of nitrogens with one attached hydrogen (secondary N) is 1. The van der Waals surface area contributed by atoms with Crippen LogP contribution >= 0.6 is 23.2 Å². The standard InChI is InChI=1S/C27H29Cl2N7O/c28-22-13-24-25(14-23(22)29)35(15-18-5-7-21(8-6-18)36-17-30-16-31-36)27(33-24)34-11-9-19(10-12-34)26(37)32-20-3-1-2-4-20/h5-8,13-14,16-17,19-20H,1-4,9-12,15H2,(H,32,37). The van der Waals surface area contributed by atoms with Gasteiger partial charge in [0.25, 0.3) is 0 Å². The topological polar surface area (TPSA) is 80.9 Å². The summed E-state index contributed by atoms with van der Waals surface area (Å²) in [5.74, 6) is 1.15. The SMILES string of the molecule is O=C(NC1CCCC1)C1CCN(c2nc3cc(Cl)c(Cl)cc3n2Cc2ccc(-n3cncn3)cc2)CC1. The first-order chi connectivity index (χ1) is 18.0. The summed E-state index contributed by atoms with van der Waals surface area (Å²) in [6.07, 6.45) is 9.49. The van der Waals surface area contributed by atoms with Gasteiger partial charge in [0.15, 0.2) is 0 Å². The number of fused-ring (bicyclic) bond motifs is 1. The molecule has 2 aromatic carbocycles. The zero-order valence-electron chi connectivity index (χ0n) is 20.5. The van der Waals surface area contributed by atoms with Crippen LogP contribution < -0.4 is 10.2 Å². The molecule has 2 aromatic heterocycles. The van der Waals surface area contributed by atoms with Gasteiger partial charge in [0, 0.05) is 25.0 Å². The number of rotatable bonds is 6. The van der Waals surface area contributed by atoms with Crippen molar-refractivity contribution in [2.24, 2.45) is 5.92 Å². The van der Waals surface area contributed by atoms with Gasteiger partial charge in [-0.05, 0) is 55.5 Å². The van der Waals surface area contributed by atoms with E-state index in [2.05, 4.69) is 37.0 Å². The lowest BCUT2D eigenvalue weighted by Crippen LogP contribution is -2.43. The van der Waals surface area contributed by atoms with Gasteiger partial charge in [0.05, 0.1) is 33.3 Å². The number of benzene rings is 2. The van der Waals surface area contributed by atoms with Crippen molar-refractivity contribution in [2.45, 2.75) is 51.1 Å². The zero-order chi connectivity index (χ0) is 25.4. The van der Waals surface area contributed by atoms with E-state index < -0.39 is 0 Å². The van der Waals surface area contributed by atoms with Gasteiger partial charge in [-0.1, -0.05) is 48.2 Å². The fourth-order valence-electron chi connectivity index (χ4n) is 5.51. The lowest BCUT2D eigenvalue weighted by atomic mass is 9.95. The second-order valence-corrected chi connectivity index (χ2v) is 10.8. The maximum atomic E-state index is 12.8. The molecule has 0 atom stereocenters. The summed E-state index contributed by atoms with van der Waals surface area (Å²) in [7, 11) is 0. The number of hydrogen-bond donors (Lipinski definition) is 1. The number of imidazole rings is 1. The zero-order valence-corrected chi connectivity index (χ0v) is 22.0. The van der Waals surface area contributed by atoms with E-state index in [1.165, 1.54) is 19.2 Å². The Kier molecular flexibility index (Phi) is 6.78. The molecule has 1 saturated heterocycles. The number of amides is 1.